The van der Waals surface area contributed by atoms with Gasteiger partial charge in [0, 0.05) is 12.5 Å². The van der Waals surface area contributed by atoms with Crippen LogP contribution < -0.4 is 5.32 Å². The van der Waals surface area contributed by atoms with Crippen molar-refractivity contribution in [3.63, 3.8) is 0 Å². The number of amides is 1. The van der Waals surface area contributed by atoms with Gasteiger partial charge in [-0.1, -0.05) is 11.6 Å². The van der Waals surface area contributed by atoms with E-state index in [-0.39, 0.29) is 24.0 Å². The molecule has 0 aliphatic heterocycles. The Morgan fingerprint density at radius 3 is 3.08 bits per heavy atom. The van der Waals surface area contributed by atoms with Gasteiger partial charge in [0.2, 0.25) is 0 Å². The van der Waals surface area contributed by atoms with Gasteiger partial charge in [-0.15, -0.1) is 5.10 Å². The minimum absolute atomic E-state index is 0.112. The number of nitrogens with zero attached hydrogens (tertiary/aromatic N) is 4. The lowest BCUT2D eigenvalue weighted by Crippen LogP contribution is -2.37. The zero-order valence-electron chi connectivity index (χ0n) is 15.0. The Morgan fingerprint density at radius 2 is 2.38 bits per heavy atom. The van der Waals surface area contributed by atoms with E-state index in [4.69, 9.17) is 10.00 Å². The van der Waals surface area contributed by atoms with E-state index < -0.39 is 6.04 Å². The monoisotopic (exact) mass is 373 g/mol. The van der Waals surface area contributed by atoms with E-state index in [9.17, 15) is 4.79 Å². The van der Waals surface area contributed by atoms with Crippen LogP contribution in [0.2, 0.25) is 0 Å². The van der Waals surface area contributed by atoms with Gasteiger partial charge < -0.3 is 10.1 Å². The number of carbonyl (C=O) groups excluding carboxylic acids is 1. The normalized spacial score (nSPS) is 22.3. The Labute approximate surface area is 157 Å². The predicted molar refractivity (Wildman–Crippen MR) is 97.6 cm³/mol. The van der Waals surface area contributed by atoms with E-state index in [1.165, 1.54) is 16.0 Å². The van der Waals surface area contributed by atoms with Gasteiger partial charge in [-0.2, -0.15) is 16.6 Å². The van der Waals surface area contributed by atoms with Crippen LogP contribution in [0.15, 0.2) is 23.0 Å². The van der Waals surface area contributed by atoms with Gasteiger partial charge in [-0.05, 0) is 43.6 Å². The van der Waals surface area contributed by atoms with Crippen molar-refractivity contribution in [3.05, 3.63) is 34.3 Å². The van der Waals surface area contributed by atoms with E-state index >= 15 is 0 Å². The van der Waals surface area contributed by atoms with E-state index in [0.717, 1.165) is 25.7 Å². The van der Waals surface area contributed by atoms with Crippen LogP contribution in [0.5, 0.6) is 0 Å². The summed E-state index contributed by atoms with van der Waals surface area (Å²) in [5, 5.41) is 24.3. The van der Waals surface area contributed by atoms with Crippen molar-refractivity contribution in [2.75, 3.05) is 7.11 Å². The molecule has 3 rings (SSSR count). The van der Waals surface area contributed by atoms with Gasteiger partial charge in [0.15, 0.2) is 0 Å². The fourth-order valence-corrected chi connectivity index (χ4v) is 4.07. The molecule has 1 N–H and O–H groups in total. The number of carbonyl (C=O) groups is 1. The molecule has 8 heteroatoms. The lowest BCUT2D eigenvalue weighted by atomic mass is 9.81. The van der Waals surface area contributed by atoms with Gasteiger partial charge >= 0.3 is 0 Å². The molecular formula is C18H23N5O2S. The maximum atomic E-state index is 12.6. The number of aromatic nitrogens is 3. The molecule has 1 fully saturated rings. The lowest BCUT2D eigenvalue weighted by molar-refractivity contribution is 0.0405. The molecule has 26 heavy (non-hydrogen) atoms. The van der Waals surface area contributed by atoms with Gasteiger partial charge in [0.25, 0.3) is 5.91 Å². The van der Waals surface area contributed by atoms with Crippen LogP contribution in [0.3, 0.4) is 0 Å². The third-order valence-corrected chi connectivity index (χ3v) is 5.65. The van der Waals surface area contributed by atoms with Crippen molar-refractivity contribution in [2.45, 2.75) is 50.8 Å². The van der Waals surface area contributed by atoms with Crippen LogP contribution >= 0.6 is 11.3 Å². The number of rotatable bonds is 6. The number of hydrogen-bond donors (Lipinski definition) is 1. The van der Waals surface area contributed by atoms with Crippen LogP contribution in [0, 0.1) is 17.2 Å². The maximum Gasteiger partial charge on any atom is 0.252 e. The van der Waals surface area contributed by atoms with Gasteiger partial charge in [0.1, 0.15) is 11.7 Å². The molecule has 1 amide bonds. The molecule has 2 aromatic heterocycles. The van der Waals surface area contributed by atoms with Crippen molar-refractivity contribution >= 4 is 17.2 Å². The smallest absolute Gasteiger partial charge is 0.252 e. The molecule has 0 aromatic carbocycles. The highest BCUT2D eigenvalue weighted by Gasteiger charge is 2.32. The highest BCUT2D eigenvalue weighted by molar-refractivity contribution is 7.08. The summed E-state index contributed by atoms with van der Waals surface area (Å²) in [6.45, 7) is 1.76. The first kappa shape index (κ1) is 18.5. The zero-order chi connectivity index (χ0) is 18.5. The Hall–Kier alpha value is -2.24. The Kier molecular flexibility index (Phi) is 6.01. The third-order valence-electron chi connectivity index (χ3n) is 4.97. The summed E-state index contributed by atoms with van der Waals surface area (Å²) < 4.78 is 7.09. The third kappa shape index (κ3) is 4.11. The first-order chi connectivity index (χ1) is 12.6. The molecular weight excluding hydrogens is 350 g/mol. The van der Waals surface area contributed by atoms with Crippen LogP contribution in [0.25, 0.3) is 0 Å². The number of methoxy groups -OCH3 is 1. The minimum atomic E-state index is -0.400. The zero-order valence-corrected chi connectivity index (χ0v) is 15.8. The summed E-state index contributed by atoms with van der Waals surface area (Å²) in [6.07, 6.45) is 5.92. The molecule has 0 spiro atoms. The molecule has 7 nitrogen and oxygen atoms in total. The van der Waals surface area contributed by atoms with Crippen molar-refractivity contribution in [1.82, 2.24) is 20.3 Å². The first-order valence-corrected chi connectivity index (χ1v) is 9.73. The van der Waals surface area contributed by atoms with Crippen LogP contribution in [0.1, 0.15) is 60.7 Å². The fourth-order valence-electron chi connectivity index (χ4n) is 3.43. The molecule has 2 heterocycles. The summed E-state index contributed by atoms with van der Waals surface area (Å²) in [4.78, 5) is 12.6. The fraction of sp³-hybridized carbons (Fsp3) is 0.556. The van der Waals surface area contributed by atoms with E-state index in [1.807, 2.05) is 16.8 Å². The highest BCUT2D eigenvalue weighted by atomic mass is 32.1. The second-order valence-electron chi connectivity index (χ2n) is 6.68. The molecule has 0 saturated heterocycles. The quantitative estimate of drug-likeness (QED) is 0.840. The van der Waals surface area contributed by atoms with Crippen molar-refractivity contribution < 1.29 is 9.53 Å². The van der Waals surface area contributed by atoms with Crippen molar-refractivity contribution in [1.29, 1.82) is 5.26 Å². The Bertz CT molecular complexity index is 767. The summed E-state index contributed by atoms with van der Waals surface area (Å²) in [6, 6.07) is 3.31. The lowest BCUT2D eigenvalue weighted by Gasteiger charge is -2.33. The van der Waals surface area contributed by atoms with Crippen molar-refractivity contribution in [3.8, 4) is 6.07 Å². The Morgan fingerprint density at radius 1 is 1.54 bits per heavy atom. The number of hydrogen-bond acceptors (Lipinski definition) is 6. The number of ether oxygens (including phenoxy) is 1. The number of nitrogens with one attached hydrogen (secondary N) is 1. The molecule has 1 aliphatic carbocycles. The largest absolute Gasteiger partial charge is 0.381 e. The Balaban J connectivity index is 1.84. The summed E-state index contributed by atoms with van der Waals surface area (Å²) >= 11 is 1.49. The first-order valence-electron chi connectivity index (χ1n) is 8.79. The van der Waals surface area contributed by atoms with Gasteiger partial charge in [-0.3, -0.25) is 4.79 Å². The second kappa shape index (κ2) is 8.43. The molecule has 4 atom stereocenters. The molecule has 4 unspecified atom stereocenters. The van der Waals surface area contributed by atoms with E-state index in [1.54, 1.807) is 20.2 Å². The number of thiophene rings is 1. The molecule has 2 aromatic rings. The summed E-state index contributed by atoms with van der Waals surface area (Å²) in [5.41, 5.74) is 1.34. The SMILES string of the molecule is COC1CCCC(C(NC(=O)c2ccsc2)c2cn(C(C)C#N)nn2)C1. The minimum Gasteiger partial charge on any atom is -0.381 e. The van der Waals surface area contributed by atoms with E-state index in [2.05, 4.69) is 21.7 Å². The molecule has 1 aliphatic rings. The average molecular weight is 373 g/mol. The van der Waals surface area contributed by atoms with Crippen LogP contribution in [-0.4, -0.2) is 34.1 Å². The molecule has 1 saturated carbocycles. The maximum absolute atomic E-state index is 12.6. The van der Waals surface area contributed by atoms with Gasteiger partial charge in [0.05, 0.1) is 30.0 Å². The molecule has 138 valence electrons. The second-order valence-corrected chi connectivity index (χ2v) is 7.46. The van der Waals surface area contributed by atoms with E-state index in [0.29, 0.717) is 11.3 Å². The van der Waals surface area contributed by atoms with Crippen LogP contribution in [-0.2, 0) is 4.74 Å². The standard InChI is InChI=1S/C18H23N5O2S/c1-12(9-19)23-10-16(21-22-23)17(13-4-3-5-15(8-13)25-2)20-18(24)14-6-7-26-11-14/h6-7,10-13,15,17H,3-5,8H2,1-2H3,(H,20,24). The molecule has 0 bridgehead atoms. The summed E-state index contributed by atoms with van der Waals surface area (Å²) in [7, 11) is 1.73. The predicted octanol–water partition coefficient (Wildman–Crippen LogP) is 3.10. The van der Waals surface area contributed by atoms with Crippen molar-refractivity contribution in [2.24, 2.45) is 5.92 Å². The average Bonchev–Trinajstić information content (AvgIpc) is 3.37. The number of nitriles is 1. The highest BCUT2D eigenvalue weighted by Crippen LogP contribution is 2.35. The van der Waals surface area contributed by atoms with Crippen LogP contribution in [0.4, 0.5) is 0 Å². The topological polar surface area (TPSA) is 92.8 Å². The van der Waals surface area contributed by atoms with Gasteiger partial charge in [-0.25, -0.2) is 4.68 Å². The molecule has 0 radical (unpaired) electrons. The summed E-state index contributed by atoms with van der Waals surface area (Å²) in [5.74, 6) is 0.109.